The SMILES string of the molecule is c1ccc2c(c1)ccc1c2c2c3c4ccccc4n(-c4nc(-n5c6ccccc6c6ccccc65)c5c(n4)sc4ccccc45)c3cc3c4ccccc4n1c32. The largest absolute Gasteiger partial charge is 0.308 e. The molecule has 0 saturated carbocycles. The van der Waals surface area contributed by atoms with Crippen LogP contribution >= 0.6 is 11.3 Å². The van der Waals surface area contributed by atoms with Gasteiger partial charge in [0.05, 0.1) is 44.0 Å². The highest BCUT2D eigenvalue weighted by Crippen LogP contribution is 2.48. The molecule has 0 aliphatic carbocycles. The summed E-state index contributed by atoms with van der Waals surface area (Å²) in [6.45, 7) is 0. The quantitative estimate of drug-likeness (QED) is 0.178. The number of fused-ring (bicyclic) bond motifs is 18. The van der Waals surface area contributed by atoms with E-state index in [-0.39, 0.29) is 0 Å². The van der Waals surface area contributed by atoms with Gasteiger partial charge in [-0.2, -0.15) is 4.98 Å². The van der Waals surface area contributed by atoms with Crippen molar-refractivity contribution in [1.29, 1.82) is 0 Å². The molecule has 0 unspecified atom stereocenters. The van der Waals surface area contributed by atoms with Crippen molar-refractivity contribution in [3.05, 3.63) is 164 Å². The van der Waals surface area contributed by atoms with Crippen molar-refractivity contribution >= 4 is 124 Å². The molecular weight excluding hydrogens is 703 g/mol. The number of hydrogen-bond donors (Lipinski definition) is 0. The van der Waals surface area contributed by atoms with Crippen molar-refractivity contribution in [2.75, 3.05) is 0 Å². The average Bonchev–Trinajstić information content (AvgIpc) is 4.05. The van der Waals surface area contributed by atoms with Crippen LogP contribution in [0.25, 0.3) is 125 Å². The third kappa shape index (κ3) is 3.47. The van der Waals surface area contributed by atoms with Crippen LogP contribution in [-0.4, -0.2) is 23.5 Å². The van der Waals surface area contributed by atoms with Crippen molar-refractivity contribution < 1.29 is 0 Å². The monoisotopic (exact) mass is 729 g/mol. The summed E-state index contributed by atoms with van der Waals surface area (Å²) in [5.74, 6) is 1.56. The van der Waals surface area contributed by atoms with Crippen LogP contribution in [0.4, 0.5) is 0 Å². The lowest BCUT2D eigenvalue weighted by molar-refractivity contribution is 0.977. The van der Waals surface area contributed by atoms with Gasteiger partial charge >= 0.3 is 0 Å². The van der Waals surface area contributed by atoms with Gasteiger partial charge in [-0.1, -0.05) is 121 Å². The lowest BCUT2D eigenvalue weighted by Gasteiger charge is -2.13. The van der Waals surface area contributed by atoms with E-state index < -0.39 is 0 Å². The van der Waals surface area contributed by atoms with E-state index in [0.29, 0.717) is 5.95 Å². The maximum Gasteiger partial charge on any atom is 0.238 e. The Kier molecular flexibility index (Phi) is 5.34. The molecule has 0 amide bonds. The second-order valence-corrected chi connectivity index (χ2v) is 16.0. The third-order valence-electron chi connectivity index (χ3n) is 12.2. The molecule has 14 rings (SSSR count). The molecule has 0 bridgehead atoms. The predicted octanol–water partition coefficient (Wildman–Crippen LogP) is 13.3. The van der Waals surface area contributed by atoms with Gasteiger partial charge in [0.15, 0.2) is 5.82 Å². The summed E-state index contributed by atoms with van der Waals surface area (Å²) in [5, 5.41) is 14.6. The fourth-order valence-electron chi connectivity index (χ4n) is 10.00. The second-order valence-electron chi connectivity index (χ2n) is 14.9. The van der Waals surface area contributed by atoms with Gasteiger partial charge < -0.3 is 4.40 Å². The van der Waals surface area contributed by atoms with E-state index in [1.807, 2.05) is 0 Å². The number of hydrogen-bond acceptors (Lipinski definition) is 3. The Morgan fingerprint density at radius 1 is 0.375 bits per heavy atom. The molecular formula is C50H27N5S. The predicted molar refractivity (Wildman–Crippen MR) is 236 cm³/mol. The summed E-state index contributed by atoms with van der Waals surface area (Å²) in [7, 11) is 0. The van der Waals surface area contributed by atoms with Gasteiger partial charge in [-0.05, 0) is 53.2 Å². The van der Waals surface area contributed by atoms with Crippen LogP contribution in [0.2, 0.25) is 0 Å². The minimum Gasteiger partial charge on any atom is -0.308 e. The highest BCUT2D eigenvalue weighted by atomic mass is 32.1. The highest BCUT2D eigenvalue weighted by Gasteiger charge is 2.27. The molecule has 0 spiro atoms. The Morgan fingerprint density at radius 2 is 0.946 bits per heavy atom. The Morgan fingerprint density at radius 3 is 1.70 bits per heavy atom. The molecule has 258 valence electrons. The Hall–Kier alpha value is -7.28. The zero-order chi connectivity index (χ0) is 36.2. The first kappa shape index (κ1) is 29.1. The van der Waals surface area contributed by atoms with Gasteiger partial charge in [0.2, 0.25) is 5.95 Å². The molecule has 0 aliphatic heterocycles. The van der Waals surface area contributed by atoms with Crippen LogP contribution in [0.15, 0.2) is 164 Å². The van der Waals surface area contributed by atoms with Crippen LogP contribution in [0.1, 0.15) is 0 Å². The zero-order valence-corrected chi connectivity index (χ0v) is 30.5. The van der Waals surface area contributed by atoms with Crippen molar-refractivity contribution in [1.82, 2.24) is 23.5 Å². The van der Waals surface area contributed by atoms with Crippen LogP contribution in [0.5, 0.6) is 0 Å². The number of benzene rings is 8. The molecule has 14 aromatic rings. The molecule has 0 aliphatic rings. The maximum absolute atomic E-state index is 5.72. The molecule has 0 atom stereocenters. The first-order chi connectivity index (χ1) is 27.8. The third-order valence-corrected chi connectivity index (χ3v) is 13.3. The van der Waals surface area contributed by atoms with E-state index >= 15 is 0 Å². The summed E-state index contributed by atoms with van der Waals surface area (Å²) < 4.78 is 8.38. The van der Waals surface area contributed by atoms with Crippen molar-refractivity contribution in [3.63, 3.8) is 0 Å². The van der Waals surface area contributed by atoms with Crippen LogP contribution in [-0.2, 0) is 0 Å². The molecule has 56 heavy (non-hydrogen) atoms. The molecule has 0 N–H and O–H groups in total. The van der Waals surface area contributed by atoms with Crippen LogP contribution in [0.3, 0.4) is 0 Å². The molecule has 8 aromatic carbocycles. The summed E-state index contributed by atoms with van der Waals surface area (Å²) in [6.07, 6.45) is 0. The molecule has 6 aromatic heterocycles. The standard InChI is InChI=1S/C50H27N5S/c1-2-14-29-28(13-1)25-26-40-43(29)46-44-33-18-6-11-23-39(33)55(41(44)27-35-32-17-5-8-20-36(32)53(40)47(35)46)50-51-48(45-34-19-7-12-24-42(34)56-49(45)52-50)54-37-21-9-3-15-30(37)31-16-4-10-22-38(31)54/h1-27H. The van der Waals surface area contributed by atoms with Crippen LogP contribution < -0.4 is 0 Å². The minimum atomic E-state index is 0.665. The lowest BCUT2D eigenvalue weighted by Crippen LogP contribution is -2.06. The summed E-state index contributed by atoms with van der Waals surface area (Å²) in [4.78, 5) is 12.2. The first-order valence-corrected chi connectivity index (χ1v) is 19.8. The van der Waals surface area contributed by atoms with Crippen LogP contribution in [0, 0.1) is 0 Å². The van der Waals surface area contributed by atoms with Gasteiger partial charge in [-0.3, -0.25) is 9.13 Å². The van der Waals surface area contributed by atoms with Gasteiger partial charge in [-0.25, -0.2) is 4.98 Å². The zero-order valence-electron chi connectivity index (χ0n) is 29.7. The summed E-state index contributed by atoms with van der Waals surface area (Å²) in [6, 6.07) is 59.5. The van der Waals surface area contributed by atoms with Gasteiger partial charge in [0.25, 0.3) is 0 Å². The van der Waals surface area contributed by atoms with Gasteiger partial charge in [0.1, 0.15) is 4.83 Å². The number of aromatic nitrogens is 5. The van der Waals surface area contributed by atoms with E-state index in [0.717, 1.165) is 38.1 Å². The summed E-state index contributed by atoms with van der Waals surface area (Å²) >= 11 is 1.74. The normalized spacial score (nSPS) is 12.6. The fourth-order valence-corrected chi connectivity index (χ4v) is 11.1. The number of para-hydroxylation sites is 4. The maximum atomic E-state index is 5.72. The van der Waals surface area contributed by atoms with E-state index in [1.54, 1.807) is 11.3 Å². The lowest BCUT2D eigenvalue weighted by atomic mass is 9.98. The Bertz CT molecular complexity index is 3960. The smallest absolute Gasteiger partial charge is 0.238 e. The van der Waals surface area contributed by atoms with E-state index in [1.165, 1.54) is 80.5 Å². The molecule has 5 nitrogen and oxygen atoms in total. The fraction of sp³-hybridized carbons (Fsp3) is 0. The number of thiophene rings is 1. The van der Waals surface area contributed by atoms with E-state index in [2.05, 4.69) is 177 Å². The topological polar surface area (TPSA) is 40.0 Å². The van der Waals surface area contributed by atoms with Crippen molar-refractivity contribution in [2.24, 2.45) is 0 Å². The Labute approximate surface area is 321 Å². The molecule has 0 fully saturated rings. The average molecular weight is 730 g/mol. The summed E-state index contributed by atoms with van der Waals surface area (Å²) in [5.41, 5.74) is 8.16. The molecule has 6 heteroatoms. The van der Waals surface area contributed by atoms with E-state index in [4.69, 9.17) is 9.97 Å². The molecule has 0 radical (unpaired) electrons. The van der Waals surface area contributed by atoms with Gasteiger partial charge in [0, 0.05) is 53.2 Å². The molecule has 0 saturated heterocycles. The number of nitrogens with zero attached hydrogens (tertiary/aromatic N) is 5. The minimum absolute atomic E-state index is 0.665. The van der Waals surface area contributed by atoms with Crippen molar-refractivity contribution in [3.8, 4) is 11.8 Å². The number of rotatable bonds is 2. The first-order valence-electron chi connectivity index (χ1n) is 19.0. The Balaban J connectivity index is 1.22. The highest BCUT2D eigenvalue weighted by molar-refractivity contribution is 7.25. The molecule has 6 heterocycles. The van der Waals surface area contributed by atoms with E-state index in [9.17, 15) is 0 Å². The second kappa shape index (κ2) is 10.3. The van der Waals surface area contributed by atoms with Gasteiger partial charge in [-0.15, -0.1) is 11.3 Å². The van der Waals surface area contributed by atoms with Crippen molar-refractivity contribution in [2.45, 2.75) is 0 Å².